The topological polar surface area (TPSA) is 103 Å². The fraction of sp³-hybridized carbons (Fsp3) is 0.647. The van der Waals surface area contributed by atoms with Crippen LogP contribution < -0.4 is 24.6 Å². The second-order valence-electron chi connectivity index (χ2n) is 13.4. The molecule has 2 aliphatic heterocycles. The van der Waals surface area contributed by atoms with Crippen LogP contribution in [0.3, 0.4) is 0 Å². The number of fused-ring (bicyclic) bond motifs is 1. The third-order valence-corrected chi connectivity index (χ3v) is 10.0. The number of carbonyl (C=O) groups excluding carboxylic acids is 2. The van der Waals surface area contributed by atoms with Crippen LogP contribution in [0.4, 0.5) is 11.5 Å². The van der Waals surface area contributed by atoms with Gasteiger partial charge in [0.2, 0.25) is 5.91 Å². The summed E-state index contributed by atoms with van der Waals surface area (Å²) in [6, 6.07) is 5.88. The highest BCUT2D eigenvalue weighted by Crippen LogP contribution is 2.38. The molecule has 3 fully saturated rings. The summed E-state index contributed by atoms with van der Waals surface area (Å²) in [7, 11) is 3.30. The van der Waals surface area contributed by atoms with Crippen molar-refractivity contribution in [1.29, 1.82) is 0 Å². The first-order valence-corrected chi connectivity index (χ1v) is 16.8. The van der Waals surface area contributed by atoms with Gasteiger partial charge in [-0.15, -0.1) is 0 Å². The van der Waals surface area contributed by atoms with E-state index in [9.17, 15) is 9.59 Å². The fourth-order valence-corrected chi connectivity index (χ4v) is 7.23. The molecule has 6 rings (SSSR count). The van der Waals surface area contributed by atoms with Gasteiger partial charge in [0.1, 0.15) is 11.7 Å². The molecular weight excluding hydrogens is 570 g/mol. The predicted octanol–water partition coefficient (Wildman–Crippen LogP) is 4.32. The van der Waals surface area contributed by atoms with Crippen molar-refractivity contribution < 1.29 is 19.1 Å². The SMILES string of the molecule is CC[C@@H]1C(=O)N(C)c2cnc(Oc3ccc(C(=O)N[C@H]4CC[C@H](N5CCN(CC6CC6)CC5)CC4)cc3OC)nc2N1C(C)C. The maximum absolute atomic E-state index is 13.3. The second-order valence-corrected chi connectivity index (χ2v) is 13.4. The summed E-state index contributed by atoms with van der Waals surface area (Å²) in [5, 5.41) is 3.26. The average molecular weight is 620 g/mol. The highest BCUT2D eigenvalue weighted by Gasteiger charge is 2.38. The van der Waals surface area contributed by atoms with Crippen LogP contribution in [0.2, 0.25) is 0 Å². The number of amides is 2. The largest absolute Gasteiger partial charge is 0.493 e. The molecule has 0 spiro atoms. The van der Waals surface area contributed by atoms with Crippen molar-refractivity contribution in [2.45, 2.75) is 89.9 Å². The van der Waals surface area contributed by atoms with Crippen LogP contribution in [-0.4, -0.2) is 103 Å². The number of methoxy groups -OCH3 is 1. The van der Waals surface area contributed by atoms with Crippen LogP contribution in [0.15, 0.2) is 24.4 Å². The number of likely N-dealkylation sites (N-methyl/N-ethyl adjacent to an activating group) is 1. The van der Waals surface area contributed by atoms with E-state index < -0.39 is 0 Å². The monoisotopic (exact) mass is 619 g/mol. The Kier molecular flexibility index (Phi) is 9.46. The summed E-state index contributed by atoms with van der Waals surface area (Å²) < 4.78 is 11.7. The van der Waals surface area contributed by atoms with Gasteiger partial charge in [-0.25, -0.2) is 4.98 Å². The third kappa shape index (κ3) is 6.89. The number of ether oxygens (including phenoxy) is 2. The molecule has 1 aromatic carbocycles. The lowest BCUT2D eigenvalue weighted by molar-refractivity contribution is -0.120. The Morgan fingerprint density at radius 1 is 1.04 bits per heavy atom. The first kappa shape index (κ1) is 31.5. The maximum atomic E-state index is 13.3. The van der Waals surface area contributed by atoms with Crippen molar-refractivity contribution in [3.05, 3.63) is 30.0 Å². The molecule has 11 nitrogen and oxygen atoms in total. The highest BCUT2D eigenvalue weighted by molar-refractivity contribution is 6.04. The minimum atomic E-state index is -0.306. The summed E-state index contributed by atoms with van der Waals surface area (Å²) >= 11 is 0. The van der Waals surface area contributed by atoms with Crippen molar-refractivity contribution in [2.24, 2.45) is 5.92 Å². The predicted molar refractivity (Wildman–Crippen MR) is 174 cm³/mol. The van der Waals surface area contributed by atoms with Crippen molar-refractivity contribution in [3.63, 3.8) is 0 Å². The van der Waals surface area contributed by atoms with E-state index in [4.69, 9.17) is 14.5 Å². The van der Waals surface area contributed by atoms with E-state index in [1.165, 1.54) is 45.6 Å². The third-order valence-electron chi connectivity index (χ3n) is 10.0. The van der Waals surface area contributed by atoms with Crippen LogP contribution in [0.25, 0.3) is 0 Å². The normalized spacial score (nSPS) is 24.5. The number of rotatable bonds is 10. The molecule has 0 radical (unpaired) electrons. The summed E-state index contributed by atoms with van der Waals surface area (Å²) in [6.07, 6.45) is 9.38. The van der Waals surface area contributed by atoms with E-state index in [1.54, 1.807) is 43.5 Å². The number of hydrogen-bond acceptors (Lipinski definition) is 9. The Morgan fingerprint density at radius 3 is 2.42 bits per heavy atom. The number of anilines is 2. The molecule has 45 heavy (non-hydrogen) atoms. The fourth-order valence-electron chi connectivity index (χ4n) is 7.23. The van der Waals surface area contributed by atoms with Gasteiger partial charge in [-0.05, 0) is 82.9 Å². The number of benzene rings is 1. The Balaban J connectivity index is 1.06. The summed E-state index contributed by atoms with van der Waals surface area (Å²) in [5.41, 5.74) is 1.17. The lowest BCUT2D eigenvalue weighted by Crippen LogP contribution is -2.54. The highest BCUT2D eigenvalue weighted by atomic mass is 16.5. The molecule has 4 aliphatic rings. The zero-order valence-corrected chi connectivity index (χ0v) is 27.5. The Labute approximate surface area is 267 Å². The Morgan fingerprint density at radius 2 is 1.78 bits per heavy atom. The van der Waals surface area contributed by atoms with Crippen LogP contribution in [-0.2, 0) is 4.79 Å². The summed E-state index contributed by atoms with van der Waals surface area (Å²) in [5.74, 6) is 2.38. The molecule has 1 aromatic heterocycles. The van der Waals surface area contributed by atoms with Gasteiger partial charge in [0.05, 0.1) is 13.3 Å². The quantitative estimate of drug-likeness (QED) is 0.417. The van der Waals surface area contributed by atoms with Crippen molar-refractivity contribution in [2.75, 3.05) is 56.7 Å². The first-order chi connectivity index (χ1) is 21.7. The molecule has 1 saturated heterocycles. The van der Waals surface area contributed by atoms with Crippen LogP contribution in [0.5, 0.6) is 17.5 Å². The number of piperazine rings is 1. The number of carbonyl (C=O) groups is 2. The van der Waals surface area contributed by atoms with Gasteiger partial charge >= 0.3 is 6.01 Å². The zero-order chi connectivity index (χ0) is 31.7. The van der Waals surface area contributed by atoms with Gasteiger partial charge < -0.3 is 29.5 Å². The van der Waals surface area contributed by atoms with Crippen molar-refractivity contribution in [3.8, 4) is 17.5 Å². The smallest absolute Gasteiger partial charge is 0.324 e. The molecule has 0 unspecified atom stereocenters. The van der Waals surface area contributed by atoms with Crippen LogP contribution in [0.1, 0.15) is 76.1 Å². The van der Waals surface area contributed by atoms with Crippen LogP contribution >= 0.6 is 0 Å². The molecule has 2 aromatic rings. The van der Waals surface area contributed by atoms with Crippen molar-refractivity contribution >= 4 is 23.3 Å². The lowest BCUT2D eigenvalue weighted by atomic mass is 9.89. The molecule has 2 aliphatic carbocycles. The zero-order valence-electron chi connectivity index (χ0n) is 27.5. The number of hydrogen-bond donors (Lipinski definition) is 1. The van der Waals surface area contributed by atoms with E-state index in [1.807, 2.05) is 25.7 Å². The molecule has 11 heteroatoms. The minimum absolute atomic E-state index is 0.0250. The molecular formula is C34H49N7O4. The molecule has 0 bridgehead atoms. The molecule has 244 valence electrons. The van der Waals surface area contributed by atoms with Gasteiger partial charge in [0.15, 0.2) is 17.3 Å². The first-order valence-electron chi connectivity index (χ1n) is 16.8. The molecule has 1 N–H and O–H groups in total. The van der Waals surface area contributed by atoms with E-state index in [2.05, 4.69) is 20.1 Å². The van der Waals surface area contributed by atoms with E-state index in [0.717, 1.165) is 31.6 Å². The maximum Gasteiger partial charge on any atom is 0.324 e. The van der Waals surface area contributed by atoms with Crippen LogP contribution in [0, 0.1) is 5.92 Å². The van der Waals surface area contributed by atoms with E-state index >= 15 is 0 Å². The van der Waals surface area contributed by atoms with Gasteiger partial charge in [-0.3, -0.25) is 14.5 Å². The van der Waals surface area contributed by atoms with Gasteiger partial charge in [-0.1, -0.05) is 6.92 Å². The van der Waals surface area contributed by atoms with Gasteiger partial charge in [0, 0.05) is 63.5 Å². The second kappa shape index (κ2) is 13.5. The summed E-state index contributed by atoms with van der Waals surface area (Å²) in [4.78, 5) is 44.3. The molecule has 2 amide bonds. The van der Waals surface area contributed by atoms with Gasteiger partial charge in [0.25, 0.3) is 5.91 Å². The molecule has 1 atom stereocenters. The summed E-state index contributed by atoms with van der Waals surface area (Å²) in [6.45, 7) is 12.1. The molecule has 2 saturated carbocycles. The average Bonchev–Trinajstić information content (AvgIpc) is 3.87. The van der Waals surface area contributed by atoms with Gasteiger partial charge in [-0.2, -0.15) is 4.98 Å². The minimum Gasteiger partial charge on any atom is -0.493 e. The number of aromatic nitrogens is 2. The molecule has 3 heterocycles. The van der Waals surface area contributed by atoms with E-state index in [-0.39, 0.29) is 36.0 Å². The van der Waals surface area contributed by atoms with E-state index in [0.29, 0.717) is 41.0 Å². The Bertz CT molecular complexity index is 1370. The number of nitrogens with one attached hydrogen (secondary N) is 1. The lowest BCUT2D eigenvalue weighted by Gasteiger charge is -2.42. The van der Waals surface area contributed by atoms with Crippen molar-refractivity contribution in [1.82, 2.24) is 25.1 Å². The standard InChI is InChI=1S/C34H49N7O4/c1-6-27-33(43)38(4)28-20-35-34(37-31(28)41(27)22(2)3)45-29-14-9-24(19-30(29)44-5)32(42)36-25-10-12-26(13-11-25)40-17-15-39(16-18-40)21-23-7-8-23/h9,14,19-20,22-23,25-27H,6-8,10-13,15-18,21H2,1-5H3,(H,36,42)/t25-,26-,27-/m1/s1. The number of nitrogens with zero attached hydrogens (tertiary/aromatic N) is 6. The Hall–Kier alpha value is -3.44.